The van der Waals surface area contributed by atoms with Gasteiger partial charge < -0.3 is 15.1 Å². The molecule has 7 nitrogen and oxygen atoms in total. The maximum Gasteiger partial charge on any atom is 0.325 e. The lowest BCUT2D eigenvalue weighted by atomic mass is 9.74. The first-order valence-electron chi connectivity index (χ1n) is 12.9. The van der Waals surface area contributed by atoms with Crippen LogP contribution in [0.2, 0.25) is 0 Å². The van der Waals surface area contributed by atoms with Gasteiger partial charge in [-0.05, 0) is 77.2 Å². The molecule has 36 heavy (non-hydrogen) atoms. The number of carbonyl (C=O) groups excluding carboxylic acids is 3. The quantitative estimate of drug-likeness (QED) is 0.574. The summed E-state index contributed by atoms with van der Waals surface area (Å²) in [6.07, 6.45) is 2.61. The van der Waals surface area contributed by atoms with Crippen LogP contribution in [0, 0.1) is 19.8 Å². The number of nitrogens with one attached hydrogen (secondary N) is 1. The molecule has 2 aliphatic rings. The highest BCUT2D eigenvalue weighted by Gasteiger charge is 2.55. The summed E-state index contributed by atoms with van der Waals surface area (Å²) in [5.41, 5.74) is 3.07. The van der Waals surface area contributed by atoms with Crippen LogP contribution in [0.1, 0.15) is 46.3 Å². The molecule has 4 amide bonds. The van der Waals surface area contributed by atoms with E-state index in [1.807, 2.05) is 68.1 Å². The SMILES string of the molecule is Cc1cc(C)cc(C(=O)N2CCC([C@@]3(CCc4ccccc4)NC(=O)N(CCN(C)C)C3=O)CC2)c1. The number of amides is 4. The van der Waals surface area contributed by atoms with Crippen molar-refractivity contribution in [2.45, 2.75) is 45.1 Å². The summed E-state index contributed by atoms with van der Waals surface area (Å²) < 4.78 is 0. The Morgan fingerprint density at radius 2 is 1.67 bits per heavy atom. The fraction of sp³-hybridized carbons (Fsp3) is 0.483. The fourth-order valence-corrected chi connectivity index (χ4v) is 5.64. The van der Waals surface area contributed by atoms with E-state index in [1.54, 1.807) is 0 Å². The van der Waals surface area contributed by atoms with Crippen molar-refractivity contribution in [3.05, 3.63) is 70.8 Å². The van der Waals surface area contributed by atoms with E-state index in [1.165, 1.54) is 4.90 Å². The molecule has 7 heteroatoms. The Bertz CT molecular complexity index is 1090. The smallest absolute Gasteiger partial charge is 0.325 e. The van der Waals surface area contributed by atoms with E-state index >= 15 is 0 Å². The van der Waals surface area contributed by atoms with Crippen molar-refractivity contribution >= 4 is 17.8 Å². The van der Waals surface area contributed by atoms with E-state index in [0.717, 1.165) is 16.7 Å². The average molecular weight is 491 g/mol. The van der Waals surface area contributed by atoms with E-state index in [0.29, 0.717) is 57.4 Å². The minimum atomic E-state index is -0.936. The number of aryl methyl sites for hydroxylation is 3. The van der Waals surface area contributed by atoms with Gasteiger partial charge in [-0.2, -0.15) is 0 Å². The highest BCUT2D eigenvalue weighted by molar-refractivity contribution is 6.07. The van der Waals surface area contributed by atoms with Crippen LogP contribution in [0.4, 0.5) is 4.79 Å². The lowest BCUT2D eigenvalue weighted by Crippen LogP contribution is -2.57. The first kappa shape index (κ1) is 25.9. The van der Waals surface area contributed by atoms with Gasteiger partial charge >= 0.3 is 6.03 Å². The largest absolute Gasteiger partial charge is 0.339 e. The van der Waals surface area contributed by atoms with Gasteiger partial charge in [0.05, 0.1) is 0 Å². The van der Waals surface area contributed by atoms with Crippen LogP contribution < -0.4 is 5.32 Å². The van der Waals surface area contributed by atoms with Gasteiger partial charge in [0.25, 0.3) is 11.8 Å². The molecule has 0 aromatic heterocycles. The van der Waals surface area contributed by atoms with Crippen molar-refractivity contribution in [1.29, 1.82) is 0 Å². The number of likely N-dealkylation sites (N-methyl/N-ethyl adjacent to an activating group) is 1. The number of nitrogens with zero attached hydrogens (tertiary/aromatic N) is 3. The van der Waals surface area contributed by atoms with Gasteiger partial charge in [-0.25, -0.2) is 4.79 Å². The summed E-state index contributed by atoms with van der Waals surface area (Å²) in [6.45, 7) is 6.15. The van der Waals surface area contributed by atoms with Crippen molar-refractivity contribution < 1.29 is 14.4 Å². The summed E-state index contributed by atoms with van der Waals surface area (Å²) in [6, 6.07) is 15.7. The van der Waals surface area contributed by atoms with Crippen molar-refractivity contribution in [3.63, 3.8) is 0 Å². The highest BCUT2D eigenvalue weighted by Crippen LogP contribution is 2.37. The Morgan fingerprint density at radius 1 is 1.03 bits per heavy atom. The Hall–Kier alpha value is -3.19. The highest BCUT2D eigenvalue weighted by atomic mass is 16.2. The third-order valence-electron chi connectivity index (χ3n) is 7.57. The second kappa shape index (κ2) is 10.8. The number of likely N-dealkylation sites (tertiary alicyclic amines) is 1. The summed E-state index contributed by atoms with van der Waals surface area (Å²) in [4.78, 5) is 45.3. The normalized spacial score (nSPS) is 20.8. The summed E-state index contributed by atoms with van der Waals surface area (Å²) in [5, 5.41) is 3.14. The van der Waals surface area contributed by atoms with Crippen molar-refractivity contribution in [1.82, 2.24) is 20.0 Å². The Kier molecular flexibility index (Phi) is 7.79. The molecule has 2 aliphatic heterocycles. The molecule has 4 rings (SSSR count). The molecule has 0 unspecified atom stereocenters. The van der Waals surface area contributed by atoms with Crippen LogP contribution in [0.15, 0.2) is 48.5 Å². The van der Waals surface area contributed by atoms with Crippen LogP contribution >= 0.6 is 0 Å². The first-order chi connectivity index (χ1) is 17.2. The molecule has 1 atom stereocenters. The van der Waals surface area contributed by atoms with Crippen molar-refractivity contribution in [3.8, 4) is 0 Å². The zero-order valence-electron chi connectivity index (χ0n) is 21.9. The minimum Gasteiger partial charge on any atom is -0.339 e. The molecule has 1 N–H and O–H groups in total. The predicted octanol–water partition coefficient (Wildman–Crippen LogP) is 3.64. The molecule has 0 bridgehead atoms. The van der Waals surface area contributed by atoms with Crippen LogP contribution in [0.25, 0.3) is 0 Å². The molecular weight excluding hydrogens is 452 g/mol. The second-order valence-electron chi connectivity index (χ2n) is 10.6. The average Bonchev–Trinajstić information content (AvgIpc) is 3.10. The molecule has 2 aromatic carbocycles. The van der Waals surface area contributed by atoms with Crippen LogP contribution in [-0.4, -0.2) is 78.4 Å². The van der Waals surface area contributed by atoms with Gasteiger partial charge in [-0.3, -0.25) is 14.5 Å². The third-order valence-corrected chi connectivity index (χ3v) is 7.57. The van der Waals surface area contributed by atoms with Gasteiger partial charge in [0, 0.05) is 31.7 Å². The number of hydrogen-bond donors (Lipinski definition) is 1. The van der Waals surface area contributed by atoms with E-state index in [2.05, 4.69) is 23.5 Å². The zero-order valence-corrected chi connectivity index (χ0v) is 21.9. The zero-order chi connectivity index (χ0) is 25.9. The molecule has 2 saturated heterocycles. The minimum absolute atomic E-state index is 0.0229. The molecule has 0 saturated carbocycles. The summed E-state index contributed by atoms with van der Waals surface area (Å²) >= 11 is 0. The van der Waals surface area contributed by atoms with Crippen molar-refractivity contribution in [2.75, 3.05) is 40.3 Å². The number of hydrogen-bond acceptors (Lipinski definition) is 4. The van der Waals surface area contributed by atoms with Gasteiger partial charge in [0.15, 0.2) is 0 Å². The Balaban J connectivity index is 1.52. The van der Waals surface area contributed by atoms with Crippen LogP contribution in [0.3, 0.4) is 0 Å². The van der Waals surface area contributed by atoms with Crippen LogP contribution in [0.5, 0.6) is 0 Å². The molecule has 2 fully saturated rings. The number of urea groups is 1. The van der Waals surface area contributed by atoms with Gasteiger partial charge in [-0.15, -0.1) is 0 Å². The van der Waals surface area contributed by atoms with E-state index < -0.39 is 5.54 Å². The fourth-order valence-electron chi connectivity index (χ4n) is 5.64. The number of carbonyl (C=O) groups is 3. The standard InChI is InChI=1S/C29H38N4O3/c1-21-18-22(2)20-24(19-21)26(34)32-14-11-25(12-15-32)29(13-10-23-8-6-5-7-9-23)27(35)33(28(36)30-29)17-16-31(3)4/h5-9,18-20,25H,10-17H2,1-4H3,(H,30,36)/t29-/m1/s1. The molecule has 2 aromatic rings. The van der Waals surface area contributed by atoms with Crippen molar-refractivity contribution in [2.24, 2.45) is 5.92 Å². The maximum absolute atomic E-state index is 13.8. The molecule has 2 heterocycles. The molecule has 0 spiro atoms. The van der Waals surface area contributed by atoms with E-state index in [9.17, 15) is 14.4 Å². The summed E-state index contributed by atoms with van der Waals surface area (Å²) in [7, 11) is 3.87. The third kappa shape index (κ3) is 5.46. The lowest BCUT2D eigenvalue weighted by Gasteiger charge is -2.41. The maximum atomic E-state index is 13.8. The number of piperidine rings is 1. The monoisotopic (exact) mass is 490 g/mol. The lowest BCUT2D eigenvalue weighted by molar-refractivity contribution is -0.134. The molecule has 192 valence electrons. The number of benzene rings is 2. The van der Waals surface area contributed by atoms with Gasteiger partial charge in [0.2, 0.25) is 0 Å². The number of imide groups is 1. The number of rotatable bonds is 8. The summed E-state index contributed by atoms with van der Waals surface area (Å²) in [5.74, 6) is -0.109. The Labute approximate surface area is 214 Å². The van der Waals surface area contributed by atoms with Crippen LogP contribution in [-0.2, 0) is 11.2 Å². The van der Waals surface area contributed by atoms with E-state index in [-0.39, 0.29) is 23.8 Å². The molecule has 0 aliphatic carbocycles. The van der Waals surface area contributed by atoms with Gasteiger partial charge in [0.1, 0.15) is 5.54 Å². The second-order valence-corrected chi connectivity index (χ2v) is 10.6. The predicted molar refractivity (Wildman–Crippen MR) is 141 cm³/mol. The van der Waals surface area contributed by atoms with E-state index in [4.69, 9.17) is 0 Å². The Morgan fingerprint density at radius 3 is 2.28 bits per heavy atom. The first-order valence-corrected chi connectivity index (χ1v) is 12.9. The topological polar surface area (TPSA) is 73.0 Å². The molecular formula is C29H38N4O3. The molecule has 0 radical (unpaired) electrons. The van der Waals surface area contributed by atoms with Gasteiger partial charge in [-0.1, -0.05) is 47.5 Å².